The molecule has 0 radical (unpaired) electrons. The molecule has 0 bridgehead atoms. The minimum atomic E-state index is -0.722. The van der Waals surface area contributed by atoms with Gasteiger partial charge >= 0.3 is 5.91 Å². The molecular weight excluding hydrogens is 298 g/mol. The monoisotopic (exact) mass is 305 g/mol. The summed E-state index contributed by atoms with van der Waals surface area (Å²) in [7, 11) is 0. The fourth-order valence-electron chi connectivity index (χ4n) is 1.99. The minimum absolute atomic E-state index is 0.0416. The SMILES string of the molecule is O=C1C(O)=C(c2cccs2)C(=O)N1c1ccc(Cl)cc1. The van der Waals surface area contributed by atoms with E-state index in [0.717, 1.165) is 4.90 Å². The van der Waals surface area contributed by atoms with Gasteiger partial charge in [0, 0.05) is 9.90 Å². The third-order valence-corrected chi connectivity index (χ3v) is 4.05. The van der Waals surface area contributed by atoms with E-state index in [2.05, 4.69) is 0 Å². The number of rotatable bonds is 2. The summed E-state index contributed by atoms with van der Waals surface area (Å²) in [5.74, 6) is -1.77. The van der Waals surface area contributed by atoms with Crippen LogP contribution in [0, 0.1) is 0 Å². The highest BCUT2D eigenvalue weighted by Crippen LogP contribution is 2.34. The molecule has 100 valence electrons. The molecule has 1 aromatic heterocycles. The van der Waals surface area contributed by atoms with Gasteiger partial charge in [0.05, 0.1) is 5.69 Å². The number of amides is 2. The molecule has 20 heavy (non-hydrogen) atoms. The highest BCUT2D eigenvalue weighted by atomic mass is 35.5. The molecule has 4 nitrogen and oxygen atoms in total. The lowest BCUT2D eigenvalue weighted by Gasteiger charge is -2.14. The van der Waals surface area contributed by atoms with Gasteiger partial charge in [-0.25, -0.2) is 4.90 Å². The number of carbonyl (C=O) groups is 2. The average molecular weight is 306 g/mol. The van der Waals surface area contributed by atoms with Gasteiger partial charge < -0.3 is 5.11 Å². The fourth-order valence-corrected chi connectivity index (χ4v) is 2.87. The van der Waals surface area contributed by atoms with Crippen LogP contribution in [0.3, 0.4) is 0 Å². The Hall–Kier alpha value is -2.11. The Morgan fingerprint density at radius 2 is 1.75 bits per heavy atom. The molecule has 1 N–H and O–H groups in total. The number of halogens is 1. The van der Waals surface area contributed by atoms with Gasteiger partial charge in [0.2, 0.25) is 0 Å². The number of aliphatic hydroxyl groups excluding tert-OH is 1. The summed E-state index contributed by atoms with van der Waals surface area (Å²) >= 11 is 7.07. The maximum absolute atomic E-state index is 12.4. The number of aliphatic hydroxyl groups is 1. The van der Waals surface area contributed by atoms with Gasteiger partial charge in [-0.15, -0.1) is 11.3 Å². The van der Waals surface area contributed by atoms with E-state index in [1.807, 2.05) is 0 Å². The number of anilines is 1. The number of carbonyl (C=O) groups excluding carboxylic acids is 2. The fraction of sp³-hybridized carbons (Fsp3) is 0. The van der Waals surface area contributed by atoms with Crippen molar-refractivity contribution in [2.24, 2.45) is 0 Å². The lowest BCUT2D eigenvalue weighted by Crippen LogP contribution is -2.31. The van der Waals surface area contributed by atoms with E-state index in [4.69, 9.17) is 11.6 Å². The largest absolute Gasteiger partial charge is 0.502 e. The van der Waals surface area contributed by atoms with Crippen molar-refractivity contribution in [3.05, 3.63) is 57.4 Å². The molecule has 0 saturated heterocycles. The van der Waals surface area contributed by atoms with Crippen LogP contribution in [0.15, 0.2) is 47.5 Å². The molecule has 6 heteroatoms. The van der Waals surface area contributed by atoms with E-state index in [-0.39, 0.29) is 5.57 Å². The first-order valence-corrected chi connectivity index (χ1v) is 6.97. The van der Waals surface area contributed by atoms with Crippen LogP contribution >= 0.6 is 22.9 Å². The quantitative estimate of drug-likeness (QED) is 0.867. The number of nitrogens with zero attached hydrogens (tertiary/aromatic N) is 1. The van der Waals surface area contributed by atoms with E-state index in [0.29, 0.717) is 15.6 Å². The molecular formula is C14H8ClNO3S. The van der Waals surface area contributed by atoms with Crippen molar-refractivity contribution < 1.29 is 14.7 Å². The molecule has 0 atom stereocenters. The van der Waals surface area contributed by atoms with E-state index in [9.17, 15) is 14.7 Å². The molecule has 0 saturated carbocycles. The summed E-state index contributed by atoms with van der Waals surface area (Å²) in [4.78, 5) is 26.0. The average Bonchev–Trinajstić information content (AvgIpc) is 3.01. The van der Waals surface area contributed by atoms with Crippen molar-refractivity contribution in [3.8, 4) is 0 Å². The van der Waals surface area contributed by atoms with Crippen LogP contribution in [-0.4, -0.2) is 16.9 Å². The topological polar surface area (TPSA) is 57.6 Å². The van der Waals surface area contributed by atoms with Crippen LogP contribution in [0.5, 0.6) is 0 Å². The van der Waals surface area contributed by atoms with Gasteiger partial charge in [-0.1, -0.05) is 17.7 Å². The second kappa shape index (κ2) is 4.77. The number of imide groups is 1. The maximum Gasteiger partial charge on any atom is 0.301 e. The first-order valence-electron chi connectivity index (χ1n) is 5.71. The van der Waals surface area contributed by atoms with Gasteiger partial charge in [0.15, 0.2) is 5.76 Å². The van der Waals surface area contributed by atoms with Gasteiger partial charge in [0.25, 0.3) is 5.91 Å². The Bertz CT molecular complexity index is 719. The van der Waals surface area contributed by atoms with Crippen molar-refractivity contribution in [2.75, 3.05) is 4.90 Å². The van der Waals surface area contributed by atoms with E-state index in [1.54, 1.807) is 41.8 Å². The van der Waals surface area contributed by atoms with Gasteiger partial charge in [-0.3, -0.25) is 9.59 Å². The number of benzene rings is 1. The van der Waals surface area contributed by atoms with E-state index >= 15 is 0 Å². The predicted molar refractivity (Wildman–Crippen MR) is 77.8 cm³/mol. The standard InChI is InChI=1S/C14H8ClNO3S/c15-8-3-5-9(6-4-8)16-13(18)11(12(17)14(16)19)10-2-1-7-20-10/h1-7,17H. The Balaban J connectivity index is 2.04. The zero-order chi connectivity index (χ0) is 14.3. The molecule has 2 heterocycles. The normalized spacial score (nSPS) is 15.3. The summed E-state index contributed by atoms with van der Waals surface area (Å²) in [5, 5.41) is 12.2. The maximum atomic E-state index is 12.4. The van der Waals surface area contributed by atoms with Crippen LogP contribution in [-0.2, 0) is 9.59 Å². The molecule has 0 unspecified atom stereocenters. The second-order valence-corrected chi connectivity index (χ2v) is 5.51. The first-order chi connectivity index (χ1) is 9.59. The van der Waals surface area contributed by atoms with Crippen LogP contribution in [0.4, 0.5) is 5.69 Å². The number of hydrogen-bond donors (Lipinski definition) is 1. The molecule has 0 fully saturated rings. The van der Waals surface area contributed by atoms with Crippen molar-refractivity contribution in [2.45, 2.75) is 0 Å². The Morgan fingerprint density at radius 3 is 2.35 bits per heavy atom. The highest BCUT2D eigenvalue weighted by Gasteiger charge is 2.40. The number of thiophene rings is 1. The van der Waals surface area contributed by atoms with Crippen molar-refractivity contribution >= 4 is 46.0 Å². The lowest BCUT2D eigenvalue weighted by molar-refractivity contribution is -0.121. The summed E-state index contributed by atoms with van der Waals surface area (Å²) in [5.41, 5.74) is 0.419. The van der Waals surface area contributed by atoms with Gasteiger partial charge in [-0.2, -0.15) is 0 Å². The zero-order valence-electron chi connectivity index (χ0n) is 10.0. The van der Waals surface area contributed by atoms with E-state index in [1.165, 1.54) is 11.3 Å². The second-order valence-electron chi connectivity index (χ2n) is 4.12. The molecule has 0 aliphatic carbocycles. The van der Waals surface area contributed by atoms with Crippen molar-refractivity contribution in [1.82, 2.24) is 0 Å². The van der Waals surface area contributed by atoms with Gasteiger partial charge in [0.1, 0.15) is 5.57 Å². The summed E-state index contributed by atoms with van der Waals surface area (Å²) in [6.07, 6.45) is 0. The summed E-state index contributed by atoms with van der Waals surface area (Å²) in [6.45, 7) is 0. The smallest absolute Gasteiger partial charge is 0.301 e. The van der Waals surface area contributed by atoms with Crippen molar-refractivity contribution in [1.29, 1.82) is 0 Å². The molecule has 2 aromatic rings. The molecule has 0 spiro atoms. The summed E-state index contributed by atoms with van der Waals surface area (Å²) < 4.78 is 0. The highest BCUT2D eigenvalue weighted by molar-refractivity contribution is 7.11. The number of hydrogen-bond acceptors (Lipinski definition) is 4. The first kappa shape index (κ1) is 12.9. The van der Waals surface area contributed by atoms with Gasteiger partial charge in [-0.05, 0) is 35.7 Å². The van der Waals surface area contributed by atoms with Crippen LogP contribution in [0.25, 0.3) is 5.57 Å². The Kier molecular flexibility index (Phi) is 3.08. The van der Waals surface area contributed by atoms with E-state index < -0.39 is 17.6 Å². The molecule has 3 rings (SSSR count). The Morgan fingerprint density at radius 1 is 1.05 bits per heavy atom. The Labute approximate surface area is 123 Å². The summed E-state index contributed by atoms with van der Waals surface area (Å²) in [6, 6.07) is 9.72. The van der Waals surface area contributed by atoms with Crippen LogP contribution in [0.1, 0.15) is 4.88 Å². The molecule has 1 aromatic carbocycles. The lowest BCUT2D eigenvalue weighted by atomic mass is 10.2. The molecule has 2 amide bonds. The van der Waals surface area contributed by atoms with Crippen LogP contribution < -0.4 is 4.90 Å². The zero-order valence-corrected chi connectivity index (χ0v) is 11.6. The van der Waals surface area contributed by atoms with Crippen molar-refractivity contribution in [3.63, 3.8) is 0 Å². The molecule has 1 aliphatic rings. The third-order valence-electron chi connectivity index (χ3n) is 2.91. The minimum Gasteiger partial charge on any atom is -0.502 e. The predicted octanol–water partition coefficient (Wildman–Crippen LogP) is 3.24. The van der Waals surface area contributed by atoms with Crippen LogP contribution in [0.2, 0.25) is 5.02 Å². The molecule has 1 aliphatic heterocycles. The third kappa shape index (κ3) is 1.92.